The first kappa shape index (κ1) is 12.9. The van der Waals surface area contributed by atoms with Gasteiger partial charge in [0.25, 0.3) is 11.5 Å². The van der Waals surface area contributed by atoms with Gasteiger partial charge in [-0.15, -0.1) is 0 Å². The summed E-state index contributed by atoms with van der Waals surface area (Å²) in [7, 11) is 3.30. The molecule has 1 aromatic carbocycles. The molecule has 19 heavy (non-hydrogen) atoms. The topological polar surface area (TPSA) is 68.3 Å². The number of carbonyl (C=O) groups is 1. The number of benzene rings is 1. The van der Waals surface area contributed by atoms with Crippen molar-refractivity contribution in [3.05, 3.63) is 58.5 Å². The van der Waals surface area contributed by atoms with Crippen molar-refractivity contribution in [1.82, 2.24) is 4.57 Å². The second-order valence-corrected chi connectivity index (χ2v) is 4.32. The fourth-order valence-electron chi connectivity index (χ4n) is 1.69. The van der Waals surface area contributed by atoms with Crippen molar-refractivity contribution in [2.24, 2.45) is 7.05 Å². The minimum absolute atomic E-state index is 0.212. The number of aromatic nitrogens is 1. The van der Waals surface area contributed by atoms with E-state index in [1.165, 1.54) is 15.5 Å². The third-order valence-electron chi connectivity index (χ3n) is 2.94. The lowest BCUT2D eigenvalue weighted by molar-refractivity contribution is 0.0992. The van der Waals surface area contributed by atoms with Crippen molar-refractivity contribution in [3.8, 4) is 0 Å². The molecule has 0 aliphatic rings. The summed E-state index contributed by atoms with van der Waals surface area (Å²) in [5, 5.41) is 0. The number of amides is 1. The van der Waals surface area contributed by atoms with Gasteiger partial charge < -0.3 is 15.2 Å². The summed E-state index contributed by atoms with van der Waals surface area (Å²) in [4.78, 5) is 25.2. The lowest BCUT2D eigenvalue weighted by Gasteiger charge is -2.17. The number of hydrogen-bond donors (Lipinski definition) is 1. The molecule has 98 valence electrons. The van der Waals surface area contributed by atoms with Crippen LogP contribution in [0.3, 0.4) is 0 Å². The summed E-state index contributed by atoms with van der Waals surface area (Å²) in [6.45, 7) is 0. The third-order valence-corrected chi connectivity index (χ3v) is 2.94. The molecule has 0 spiro atoms. The molecule has 0 saturated heterocycles. The van der Waals surface area contributed by atoms with Crippen molar-refractivity contribution in [2.45, 2.75) is 0 Å². The Bertz CT molecular complexity index is 659. The number of anilines is 2. The van der Waals surface area contributed by atoms with Crippen LogP contribution in [0.2, 0.25) is 0 Å². The molecular formula is C14H15N3O2. The maximum Gasteiger partial charge on any atom is 0.258 e. The molecule has 2 rings (SSSR count). The summed E-state index contributed by atoms with van der Waals surface area (Å²) < 4.78 is 1.42. The zero-order valence-electron chi connectivity index (χ0n) is 10.8. The molecule has 0 fully saturated rings. The number of nitrogens with two attached hydrogens (primary N) is 1. The minimum atomic E-state index is -0.234. The molecular weight excluding hydrogens is 242 g/mol. The van der Waals surface area contributed by atoms with Crippen LogP contribution in [0.4, 0.5) is 11.4 Å². The number of nitrogen functional groups attached to an aromatic ring is 1. The van der Waals surface area contributed by atoms with E-state index in [0.29, 0.717) is 11.3 Å². The molecule has 2 aromatic rings. The van der Waals surface area contributed by atoms with Crippen molar-refractivity contribution in [2.75, 3.05) is 17.7 Å². The van der Waals surface area contributed by atoms with Gasteiger partial charge in [0.05, 0.1) is 0 Å². The fraction of sp³-hybridized carbons (Fsp3) is 0.143. The number of rotatable bonds is 2. The molecule has 2 N–H and O–H groups in total. The zero-order chi connectivity index (χ0) is 14.0. The number of hydrogen-bond acceptors (Lipinski definition) is 3. The van der Waals surface area contributed by atoms with Crippen LogP contribution in [0.1, 0.15) is 10.4 Å². The SMILES string of the molecule is CN(C(=O)c1ccn(C)c(=O)c1)c1ccc(N)cc1. The Hall–Kier alpha value is -2.56. The van der Waals surface area contributed by atoms with Crippen molar-refractivity contribution >= 4 is 17.3 Å². The molecule has 0 aliphatic heterocycles. The van der Waals surface area contributed by atoms with Gasteiger partial charge in [-0.2, -0.15) is 0 Å². The van der Waals surface area contributed by atoms with E-state index in [-0.39, 0.29) is 11.5 Å². The third kappa shape index (κ3) is 2.65. The predicted molar refractivity (Wildman–Crippen MR) is 75.3 cm³/mol. The molecule has 0 atom stereocenters. The van der Waals surface area contributed by atoms with E-state index in [1.807, 2.05) is 0 Å². The maximum atomic E-state index is 12.2. The summed E-state index contributed by atoms with van der Waals surface area (Å²) in [6, 6.07) is 9.92. The van der Waals surface area contributed by atoms with E-state index in [0.717, 1.165) is 5.69 Å². The van der Waals surface area contributed by atoms with Gasteiger partial charge in [-0.3, -0.25) is 9.59 Å². The average Bonchev–Trinajstić information content (AvgIpc) is 2.41. The van der Waals surface area contributed by atoms with Crippen LogP contribution < -0.4 is 16.2 Å². The van der Waals surface area contributed by atoms with Crippen molar-refractivity contribution in [1.29, 1.82) is 0 Å². The zero-order valence-corrected chi connectivity index (χ0v) is 10.8. The first-order valence-electron chi connectivity index (χ1n) is 5.79. The molecule has 0 radical (unpaired) electrons. The number of pyridine rings is 1. The summed E-state index contributed by atoms with van der Waals surface area (Å²) in [6.07, 6.45) is 1.58. The monoisotopic (exact) mass is 257 g/mol. The smallest absolute Gasteiger partial charge is 0.258 e. The lowest BCUT2D eigenvalue weighted by atomic mass is 10.2. The highest BCUT2D eigenvalue weighted by Crippen LogP contribution is 2.16. The second kappa shape index (κ2) is 4.97. The average molecular weight is 257 g/mol. The second-order valence-electron chi connectivity index (χ2n) is 4.32. The summed E-state index contributed by atoms with van der Waals surface area (Å²) in [5.74, 6) is -0.234. The Morgan fingerprint density at radius 2 is 1.84 bits per heavy atom. The Kier molecular flexibility index (Phi) is 3.37. The predicted octanol–water partition coefficient (Wildman–Crippen LogP) is 1.24. The first-order valence-corrected chi connectivity index (χ1v) is 5.79. The fourth-order valence-corrected chi connectivity index (χ4v) is 1.69. The van der Waals surface area contributed by atoms with E-state index in [4.69, 9.17) is 5.73 Å². The van der Waals surface area contributed by atoms with Gasteiger partial charge in [0, 0.05) is 43.3 Å². The van der Waals surface area contributed by atoms with Gasteiger partial charge in [-0.05, 0) is 30.3 Å². The molecule has 5 nitrogen and oxygen atoms in total. The Balaban J connectivity index is 2.30. The number of aryl methyl sites for hydroxylation is 1. The molecule has 1 amide bonds. The normalized spacial score (nSPS) is 10.2. The van der Waals surface area contributed by atoms with Crippen LogP contribution in [-0.2, 0) is 7.05 Å². The van der Waals surface area contributed by atoms with Crippen LogP contribution in [0.15, 0.2) is 47.4 Å². The summed E-state index contributed by atoms with van der Waals surface area (Å²) >= 11 is 0. The van der Waals surface area contributed by atoms with Crippen LogP contribution in [0, 0.1) is 0 Å². The van der Waals surface area contributed by atoms with Gasteiger partial charge in [-0.1, -0.05) is 0 Å². The van der Waals surface area contributed by atoms with Gasteiger partial charge >= 0.3 is 0 Å². The van der Waals surface area contributed by atoms with E-state index < -0.39 is 0 Å². The molecule has 0 bridgehead atoms. The van der Waals surface area contributed by atoms with E-state index in [1.54, 1.807) is 50.6 Å². The highest BCUT2D eigenvalue weighted by molar-refractivity contribution is 6.05. The largest absolute Gasteiger partial charge is 0.399 e. The van der Waals surface area contributed by atoms with Crippen LogP contribution in [0.5, 0.6) is 0 Å². The van der Waals surface area contributed by atoms with Gasteiger partial charge in [0.2, 0.25) is 0 Å². The van der Waals surface area contributed by atoms with E-state index in [9.17, 15) is 9.59 Å². The highest BCUT2D eigenvalue weighted by Gasteiger charge is 2.13. The van der Waals surface area contributed by atoms with Crippen LogP contribution >= 0.6 is 0 Å². The van der Waals surface area contributed by atoms with Crippen molar-refractivity contribution in [3.63, 3.8) is 0 Å². The molecule has 0 aliphatic carbocycles. The van der Waals surface area contributed by atoms with Gasteiger partial charge in [-0.25, -0.2) is 0 Å². The van der Waals surface area contributed by atoms with Gasteiger partial charge in [0.15, 0.2) is 0 Å². The summed E-state index contributed by atoms with van der Waals surface area (Å²) in [5.41, 5.74) is 7.11. The van der Waals surface area contributed by atoms with Gasteiger partial charge in [0.1, 0.15) is 0 Å². The Morgan fingerprint density at radius 3 is 2.42 bits per heavy atom. The Morgan fingerprint density at radius 1 is 1.21 bits per heavy atom. The first-order chi connectivity index (χ1) is 8.99. The lowest BCUT2D eigenvalue weighted by Crippen LogP contribution is -2.28. The molecule has 0 unspecified atom stereocenters. The van der Waals surface area contributed by atoms with E-state index in [2.05, 4.69) is 0 Å². The minimum Gasteiger partial charge on any atom is -0.399 e. The molecule has 5 heteroatoms. The molecule has 0 saturated carbocycles. The quantitative estimate of drug-likeness (QED) is 0.823. The van der Waals surface area contributed by atoms with E-state index >= 15 is 0 Å². The molecule has 1 heterocycles. The van der Waals surface area contributed by atoms with Crippen LogP contribution in [-0.4, -0.2) is 17.5 Å². The van der Waals surface area contributed by atoms with Crippen LogP contribution in [0.25, 0.3) is 0 Å². The standard InChI is InChI=1S/C14H15N3O2/c1-16-8-7-10(9-13(16)18)14(19)17(2)12-5-3-11(15)4-6-12/h3-9H,15H2,1-2H3. The highest BCUT2D eigenvalue weighted by atomic mass is 16.2. The molecule has 1 aromatic heterocycles. The number of nitrogens with zero attached hydrogens (tertiary/aromatic N) is 2. The van der Waals surface area contributed by atoms with Crippen molar-refractivity contribution < 1.29 is 4.79 Å². The maximum absolute atomic E-state index is 12.2. The Labute approximate surface area is 110 Å². The number of carbonyl (C=O) groups excluding carboxylic acids is 1.